The molecule has 20 heavy (non-hydrogen) atoms. The summed E-state index contributed by atoms with van der Waals surface area (Å²) in [5, 5.41) is 4.54. The molecular formula is C16H22BrClN2. The summed E-state index contributed by atoms with van der Waals surface area (Å²) in [7, 11) is 0. The molecular weight excluding hydrogens is 336 g/mol. The van der Waals surface area contributed by atoms with Crippen molar-refractivity contribution in [3.05, 3.63) is 33.3 Å². The Bertz CT molecular complexity index is 456. The van der Waals surface area contributed by atoms with E-state index in [1.807, 2.05) is 6.07 Å². The van der Waals surface area contributed by atoms with Gasteiger partial charge in [-0.2, -0.15) is 0 Å². The topological polar surface area (TPSA) is 15.3 Å². The summed E-state index contributed by atoms with van der Waals surface area (Å²) in [6.45, 7) is 3.33. The van der Waals surface area contributed by atoms with Crippen LogP contribution in [0.25, 0.3) is 0 Å². The Labute approximate surface area is 135 Å². The van der Waals surface area contributed by atoms with Gasteiger partial charge in [0.25, 0.3) is 0 Å². The smallest absolute Gasteiger partial charge is 0.0462 e. The fraction of sp³-hybridized carbons (Fsp3) is 0.625. The fourth-order valence-corrected chi connectivity index (χ4v) is 3.75. The number of rotatable bonds is 5. The Morgan fingerprint density at radius 2 is 2.10 bits per heavy atom. The molecule has 2 fully saturated rings. The largest absolute Gasteiger partial charge is 0.313 e. The molecule has 1 aromatic rings. The lowest BCUT2D eigenvalue weighted by Gasteiger charge is -2.31. The van der Waals surface area contributed by atoms with E-state index >= 15 is 0 Å². The molecule has 0 aromatic heterocycles. The molecule has 2 nitrogen and oxygen atoms in total. The van der Waals surface area contributed by atoms with Crippen molar-refractivity contribution >= 4 is 27.5 Å². The number of hydrogen-bond donors (Lipinski definition) is 1. The van der Waals surface area contributed by atoms with Gasteiger partial charge in [-0.25, -0.2) is 0 Å². The van der Waals surface area contributed by atoms with E-state index in [9.17, 15) is 0 Å². The molecule has 1 aromatic carbocycles. The van der Waals surface area contributed by atoms with Gasteiger partial charge in [0.2, 0.25) is 0 Å². The summed E-state index contributed by atoms with van der Waals surface area (Å²) in [5.74, 6) is 0. The molecule has 4 heteroatoms. The molecule has 0 spiro atoms. The van der Waals surface area contributed by atoms with Crippen molar-refractivity contribution in [3.8, 4) is 0 Å². The zero-order valence-corrected chi connectivity index (χ0v) is 14.1. The lowest BCUT2D eigenvalue weighted by Crippen LogP contribution is -2.44. The first-order chi connectivity index (χ1) is 9.72. The third-order valence-electron chi connectivity index (χ3n) is 4.32. The number of halogens is 2. The first-order valence-electron chi connectivity index (χ1n) is 7.64. The molecule has 1 unspecified atom stereocenters. The Balaban J connectivity index is 1.64. The van der Waals surface area contributed by atoms with Crippen LogP contribution < -0.4 is 5.32 Å². The Kier molecular flexibility index (Phi) is 5.03. The number of nitrogens with zero attached hydrogens (tertiary/aromatic N) is 1. The highest BCUT2D eigenvalue weighted by molar-refractivity contribution is 9.10. The minimum absolute atomic E-state index is 0.665. The minimum atomic E-state index is 0.665. The number of hydrogen-bond acceptors (Lipinski definition) is 2. The standard InChI is InChI=1S/C16H22BrClN2/c17-13-5-4-12(16(18)9-13)10-20(15-6-7-15)11-14-3-1-2-8-19-14/h4-5,9,14-15,19H,1-3,6-8,10-11H2. The molecule has 1 aliphatic heterocycles. The van der Waals surface area contributed by atoms with Gasteiger partial charge in [0.1, 0.15) is 0 Å². The highest BCUT2D eigenvalue weighted by atomic mass is 79.9. The summed E-state index contributed by atoms with van der Waals surface area (Å²) in [5.41, 5.74) is 1.25. The number of benzene rings is 1. The molecule has 110 valence electrons. The van der Waals surface area contributed by atoms with E-state index in [4.69, 9.17) is 11.6 Å². The Morgan fingerprint density at radius 3 is 2.75 bits per heavy atom. The van der Waals surface area contributed by atoms with Crippen molar-refractivity contribution in [3.63, 3.8) is 0 Å². The van der Waals surface area contributed by atoms with Crippen molar-refractivity contribution in [2.45, 2.75) is 50.7 Å². The molecule has 1 heterocycles. The molecule has 0 bridgehead atoms. The highest BCUT2D eigenvalue weighted by Gasteiger charge is 2.31. The summed E-state index contributed by atoms with van der Waals surface area (Å²) in [6, 6.07) is 7.68. The monoisotopic (exact) mass is 356 g/mol. The van der Waals surface area contributed by atoms with E-state index in [1.165, 1.54) is 44.2 Å². The SMILES string of the molecule is Clc1cc(Br)ccc1CN(CC1CCCCN1)C1CC1. The second kappa shape index (κ2) is 6.78. The summed E-state index contributed by atoms with van der Waals surface area (Å²) < 4.78 is 1.05. The minimum Gasteiger partial charge on any atom is -0.313 e. The third kappa shape index (κ3) is 3.97. The molecule has 3 rings (SSSR count). The highest BCUT2D eigenvalue weighted by Crippen LogP contribution is 2.31. The van der Waals surface area contributed by atoms with Crippen LogP contribution in [-0.2, 0) is 6.54 Å². The quantitative estimate of drug-likeness (QED) is 0.849. The predicted molar refractivity (Wildman–Crippen MR) is 88.2 cm³/mol. The average Bonchev–Trinajstić information content (AvgIpc) is 3.26. The van der Waals surface area contributed by atoms with Gasteiger partial charge >= 0.3 is 0 Å². The molecule has 1 N–H and O–H groups in total. The zero-order chi connectivity index (χ0) is 13.9. The average molecular weight is 358 g/mol. The first kappa shape index (κ1) is 14.8. The van der Waals surface area contributed by atoms with Gasteiger partial charge in [-0.05, 0) is 49.9 Å². The maximum atomic E-state index is 6.37. The van der Waals surface area contributed by atoms with Gasteiger partial charge < -0.3 is 5.32 Å². The fourth-order valence-electron chi connectivity index (χ4n) is 3.01. The van der Waals surface area contributed by atoms with E-state index in [-0.39, 0.29) is 0 Å². The van der Waals surface area contributed by atoms with Crippen molar-refractivity contribution in [2.24, 2.45) is 0 Å². The van der Waals surface area contributed by atoms with Gasteiger partial charge in [-0.3, -0.25) is 4.90 Å². The second-order valence-corrected chi connectivity index (χ2v) is 7.37. The van der Waals surface area contributed by atoms with Gasteiger partial charge in [0.15, 0.2) is 0 Å². The number of nitrogens with one attached hydrogen (secondary N) is 1. The summed E-state index contributed by atoms with van der Waals surface area (Å²) >= 11 is 9.84. The van der Waals surface area contributed by atoms with Crippen LogP contribution in [0.15, 0.2) is 22.7 Å². The lowest BCUT2D eigenvalue weighted by atomic mass is 10.0. The van der Waals surface area contributed by atoms with Crippen LogP contribution in [0.5, 0.6) is 0 Å². The summed E-state index contributed by atoms with van der Waals surface area (Å²) in [4.78, 5) is 2.62. The Morgan fingerprint density at radius 1 is 1.25 bits per heavy atom. The van der Waals surface area contributed by atoms with Gasteiger partial charge in [0, 0.05) is 34.7 Å². The second-order valence-electron chi connectivity index (χ2n) is 6.04. The molecule has 1 aliphatic carbocycles. The first-order valence-corrected chi connectivity index (χ1v) is 8.81. The van der Waals surface area contributed by atoms with Crippen LogP contribution in [0, 0.1) is 0 Å². The molecule has 1 atom stereocenters. The van der Waals surface area contributed by atoms with E-state index in [0.717, 1.165) is 28.6 Å². The van der Waals surface area contributed by atoms with Crippen LogP contribution in [0.4, 0.5) is 0 Å². The van der Waals surface area contributed by atoms with Crippen molar-refractivity contribution in [1.29, 1.82) is 0 Å². The van der Waals surface area contributed by atoms with Crippen molar-refractivity contribution in [1.82, 2.24) is 10.2 Å². The summed E-state index contributed by atoms with van der Waals surface area (Å²) in [6.07, 6.45) is 6.71. The third-order valence-corrected chi connectivity index (χ3v) is 5.16. The van der Waals surface area contributed by atoms with E-state index < -0.39 is 0 Å². The van der Waals surface area contributed by atoms with Gasteiger partial charge in [-0.1, -0.05) is 40.0 Å². The van der Waals surface area contributed by atoms with Crippen LogP contribution in [0.3, 0.4) is 0 Å². The maximum absolute atomic E-state index is 6.37. The van der Waals surface area contributed by atoms with Crippen LogP contribution in [-0.4, -0.2) is 30.1 Å². The van der Waals surface area contributed by atoms with Crippen LogP contribution >= 0.6 is 27.5 Å². The van der Waals surface area contributed by atoms with Crippen molar-refractivity contribution in [2.75, 3.05) is 13.1 Å². The van der Waals surface area contributed by atoms with E-state index in [1.54, 1.807) is 0 Å². The lowest BCUT2D eigenvalue weighted by molar-refractivity contribution is 0.208. The van der Waals surface area contributed by atoms with Gasteiger partial charge in [-0.15, -0.1) is 0 Å². The molecule has 1 saturated heterocycles. The van der Waals surface area contributed by atoms with E-state index in [2.05, 4.69) is 38.3 Å². The molecule has 1 saturated carbocycles. The van der Waals surface area contributed by atoms with Crippen molar-refractivity contribution < 1.29 is 0 Å². The maximum Gasteiger partial charge on any atom is 0.0462 e. The van der Waals surface area contributed by atoms with E-state index in [0.29, 0.717) is 6.04 Å². The predicted octanol–water partition coefficient (Wildman–Crippen LogP) is 4.21. The molecule has 2 aliphatic rings. The van der Waals surface area contributed by atoms with Gasteiger partial charge in [0.05, 0.1) is 0 Å². The number of piperidine rings is 1. The Hall–Kier alpha value is -0.0900. The zero-order valence-electron chi connectivity index (χ0n) is 11.7. The normalized spacial score (nSPS) is 23.2. The van der Waals surface area contributed by atoms with Crippen LogP contribution in [0.1, 0.15) is 37.7 Å². The van der Waals surface area contributed by atoms with Crippen LogP contribution in [0.2, 0.25) is 5.02 Å². The molecule has 0 radical (unpaired) electrons. The molecule has 0 amide bonds.